The number of hydrogen-bond acceptors (Lipinski definition) is 5. The molecule has 1 aromatic rings. The van der Waals surface area contributed by atoms with Crippen molar-refractivity contribution in [3.05, 3.63) is 22.9 Å². The number of hydroxylamine groups is 1. The molecule has 0 fully saturated rings. The lowest BCUT2D eigenvalue weighted by atomic mass is 10.4. The third kappa shape index (κ3) is 3.51. The number of carbonyl (C=O) groups excluding carboxylic acids is 1. The minimum absolute atomic E-state index is 0.162. The lowest BCUT2D eigenvalue weighted by Gasteiger charge is -2.24. The molecule has 1 atom stereocenters. The predicted molar refractivity (Wildman–Crippen MR) is 69.3 cm³/mol. The Balaban J connectivity index is 3.05. The molecule has 0 saturated carbocycles. The zero-order valence-electron chi connectivity index (χ0n) is 10.2. The molecule has 5 nitrogen and oxygen atoms in total. The van der Waals surface area contributed by atoms with E-state index >= 15 is 0 Å². The average molecular weight is 289 g/mol. The summed E-state index contributed by atoms with van der Waals surface area (Å²) in [5.41, 5.74) is 0. The van der Waals surface area contributed by atoms with Crippen LogP contribution in [0.1, 0.15) is 20.3 Å². The van der Waals surface area contributed by atoms with E-state index < -0.39 is 16.1 Å². The van der Waals surface area contributed by atoms with Gasteiger partial charge in [-0.15, -0.1) is 0 Å². The van der Waals surface area contributed by atoms with E-state index in [2.05, 4.69) is 0 Å². The van der Waals surface area contributed by atoms with Crippen LogP contribution in [0.15, 0.2) is 27.8 Å². The minimum Gasteiger partial charge on any atom is -0.283 e. The molecule has 0 amide bonds. The SMILES string of the molecule is CCCON(C(C)C=C=O)S(=O)(=O)c1ccsc1. The van der Waals surface area contributed by atoms with E-state index in [1.165, 1.54) is 22.8 Å². The minimum atomic E-state index is -3.74. The molecule has 1 rings (SSSR count). The Morgan fingerprint density at radius 2 is 2.33 bits per heavy atom. The fourth-order valence-electron chi connectivity index (χ4n) is 1.25. The first-order valence-corrected chi connectivity index (χ1v) is 7.83. The average Bonchev–Trinajstić information content (AvgIpc) is 2.83. The second kappa shape index (κ2) is 6.82. The quantitative estimate of drug-likeness (QED) is 0.568. The molecule has 0 N–H and O–H groups in total. The highest BCUT2D eigenvalue weighted by molar-refractivity contribution is 7.89. The highest BCUT2D eigenvalue weighted by Crippen LogP contribution is 2.21. The summed E-state index contributed by atoms with van der Waals surface area (Å²) >= 11 is 1.28. The maximum absolute atomic E-state index is 12.3. The molecule has 0 aromatic carbocycles. The van der Waals surface area contributed by atoms with Crippen LogP contribution in [0.5, 0.6) is 0 Å². The lowest BCUT2D eigenvalue weighted by Crippen LogP contribution is -2.37. The second-order valence-electron chi connectivity index (χ2n) is 3.58. The molecule has 18 heavy (non-hydrogen) atoms. The summed E-state index contributed by atoms with van der Waals surface area (Å²) in [5, 5.41) is 3.19. The second-order valence-corrected chi connectivity index (χ2v) is 6.14. The molecule has 1 heterocycles. The normalized spacial score (nSPS) is 13.3. The maximum atomic E-state index is 12.3. The third-order valence-corrected chi connectivity index (χ3v) is 4.69. The van der Waals surface area contributed by atoms with Gasteiger partial charge in [0.2, 0.25) is 0 Å². The van der Waals surface area contributed by atoms with Crippen LogP contribution in [0.4, 0.5) is 0 Å². The highest BCUT2D eigenvalue weighted by Gasteiger charge is 2.29. The van der Waals surface area contributed by atoms with Crippen LogP contribution >= 0.6 is 11.3 Å². The van der Waals surface area contributed by atoms with E-state index in [4.69, 9.17) is 4.84 Å². The molecule has 0 saturated heterocycles. The fourth-order valence-corrected chi connectivity index (χ4v) is 3.66. The molecule has 0 aliphatic carbocycles. The molecule has 0 bridgehead atoms. The molecule has 1 unspecified atom stereocenters. The summed E-state index contributed by atoms with van der Waals surface area (Å²) < 4.78 is 25.4. The molecule has 100 valence electrons. The van der Waals surface area contributed by atoms with Crippen LogP contribution in [-0.4, -0.2) is 31.5 Å². The topological polar surface area (TPSA) is 63.7 Å². The van der Waals surface area contributed by atoms with Crippen molar-refractivity contribution in [3.8, 4) is 0 Å². The van der Waals surface area contributed by atoms with Crippen LogP contribution in [0.2, 0.25) is 0 Å². The predicted octanol–water partition coefficient (Wildman–Crippen LogP) is 1.86. The Morgan fingerprint density at radius 1 is 1.61 bits per heavy atom. The summed E-state index contributed by atoms with van der Waals surface area (Å²) in [5.74, 6) is 1.58. The zero-order chi connectivity index (χ0) is 13.6. The van der Waals surface area contributed by atoms with Crippen LogP contribution < -0.4 is 0 Å². The van der Waals surface area contributed by atoms with Crippen molar-refractivity contribution < 1.29 is 18.0 Å². The Morgan fingerprint density at radius 3 is 2.83 bits per heavy atom. The largest absolute Gasteiger partial charge is 0.283 e. The van der Waals surface area contributed by atoms with E-state index in [1.807, 2.05) is 6.92 Å². The zero-order valence-corrected chi connectivity index (χ0v) is 11.8. The molecular weight excluding hydrogens is 274 g/mol. The van der Waals surface area contributed by atoms with Crippen molar-refractivity contribution in [1.29, 1.82) is 0 Å². The van der Waals surface area contributed by atoms with E-state index in [1.54, 1.807) is 18.2 Å². The van der Waals surface area contributed by atoms with Gasteiger partial charge >= 0.3 is 0 Å². The van der Waals surface area contributed by atoms with Crippen molar-refractivity contribution >= 4 is 27.3 Å². The Hall–Kier alpha value is -0.980. The molecule has 0 aliphatic heterocycles. The Kier molecular flexibility index (Phi) is 5.71. The maximum Gasteiger partial charge on any atom is 0.266 e. The number of nitrogens with zero attached hydrogens (tertiary/aromatic N) is 1. The van der Waals surface area contributed by atoms with Gasteiger partial charge in [-0.3, -0.25) is 4.84 Å². The van der Waals surface area contributed by atoms with Crippen LogP contribution in [0, 0.1) is 0 Å². The summed E-state index contributed by atoms with van der Waals surface area (Å²) in [7, 11) is -3.74. The van der Waals surface area contributed by atoms with E-state index in [0.717, 1.165) is 10.5 Å². The van der Waals surface area contributed by atoms with Gasteiger partial charge in [-0.25, -0.2) is 13.2 Å². The molecule has 7 heteroatoms. The first-order chi connectivity index (χ1) is 8.54. The Bertz CT molecular complexity index is 503. The molecule has 1 aromatic heterocycles. The van der Waals surface area contributed by atoms with E-state index in [0.29, 0.717) is 6.42 Å². The number of hydrogen-bond donors (Lipinski definition) is 0. The lowest BCUT2D eigenvalue weighted by molar-refractivity contribution is -0.0974. The Labute approximate surface area is 111 Å². The number of sulfonamides is 1. The first kappa shape index (κ1) is 15.1. The standard InChI is InChI=1S/C11H15NO4S2/c1-3-7-16-12(10(2)4-6-13)18(14,15)11-5-8-17-9-11/h4-5,8-10H,3,7H2,1-2H3. The van der Waals surface area contributed by atoms with Gasteiger partial charge in [-0.2, -0.15) is 11.3 Å². The van der Waals surface area contributed by atoms with Gasteiger partial charge in [-0.1, -0.05) is 11.4 Å². The van der Waals surface area contributed by atoms with Gasteiger partial charge in [0.25, 0.3) is 10.0 Å². The van der Waals surface area contributed by atoms with Gasteiger partial charge < -0.3 is 0 Å². The van der Waals surface area contributed by atoms with Gasteiger partial charge in [0, 0.05) is 11.5 Å². The molecular formula is C11H15NO4S2. The third-order valence-electron chi connectivity index (χ3n) is 2.09. The molecule has 0 spiro atoms. The molecule has 0 aliphatic rings. The van der Waals surface area contributed by atoms with Gasteiger partial charge in [0.05, 0.1) is 17.5 Å². The monoisotopic (exact) mass is 289 g/mol. The van der Waals surface area contributed by atoms with Crippen molar-refractivity contribution in [2.45, 2.75) is 31.2 Å². The van der Waals surface area contributed by atoms with Crippen molar-refractivity contribution in [2.24, 2.45) is 0 Å². The van der Waals surface area contributed by atoms with Crippen LogP contribution in [0.25, 0.3) is 0 Å². The van der Waals surface area contributed by atoms with Gasteiger partial charge in [-0.05, 0) is 24.8 Å². The highest BCUT2D eigenvalue weighted by atomic mass is 32.2. The van der Waals surface area contributed by atoms with Crippen molar-refractivity contribution in [3.63, 3.8) is 0 Å². The summed E-state index contributed by atoms with van der Waals surface area (Å²) in [4.78, 5) is 15.7. The first-order valence-electron chi connectivity index (χ1n) is 5.44. The summed E-state index contributed by atoms with van der Waals surface area (Å²) in [6.45, 7) is 3.69. The van der Waals surface area contributed by atoms with Gasteiger partial charge in [0.15, 0.2) is 0 Å². The van der Waals surface area contributed by atoms with Crippen LogP contribution in [-0.2, 0) is 19.7 Å². The van der Waals surface area contributed by atoms with Crippen molar-refractivity contribution in [2.75, 3.05) is 6.61 Å². The van der Waals surface area contributed by atoms with E-state index in [-0.39, 0.29) is 11.5 Å². The van der Waals surface area contributed by atoms with Crippen LogP contribution in [0.3, 0.4) is 0 Å². The van der Waals surface area contributed by atoms with E-state index in [9.17, 15) is 13.2 Å². The fraction of sp³-hybridized carbons (Fsp3) is 0.455. The summed E-state index contributed by atoms with van der Waals surface area (Å²) in [6.07, 6.45) is 1.78. The number of rotatable bonds is 7. The summed E-state index contributed by atoms with van der Waals surface area (Å²) in [6, 6.07) is 0.804. The number of thiophene rings is 1. The van der Waals surface area contributed by atoms with Gasteiger partial charge in [0.1, 0.15) is 5.94 Å². The smallest absolute Gasteiger partial charge is 0.266 e. The molecule has 0 radical (unpaired) electrons. The van der Waals surface area contributed by atoms with Crippen molar-refractivity contribution in [1.82, 2.24) is 4.47 Å².